The molecule has 0 spiro atoms. The van der Waals surface area contributed by atoms with Crippen LogP contribution in [0.3, 0.4) is 0 Å². The van der Waals surface area contributed by atoms with Gasteiger partial charge in [-0.1, -0.05) is 0 Å². The van der Waals surface area contributed by atoms with Gasteiger partial charge in [0.05, 0.1) is 16.4 Å². The van der Waals surface area contributed by atoms with Gasteiger partial charge >= 0.3 is 0 Å². The second kappa shape index (κ2) is 6.64. The SMILES string of the molecule is Cc1cc(C)n(CCCNC(=O)C(C)(C)n2cc(Br)cn2)n1. The molecule has 0 saturated heterocycles. The van der Waals surface area contributed by atoms with E-state index in [0.29, 0.717) is 6.54 Å². The molecule has 6 nitrogen and oxygen atoms in total. The highest BCUT2D eigenvalue weighted by Gasteiger charge is 2.30. The van der Waals surface area contributed by atoms with Crippen LogP contribution in [0.4, 0.5) is 0 Å². The Bertz CT molecular complexity index is 659. The number of halogens is 1. The Morgan fingerprint density at radius 1 is 1.41 bits per heavy atom. The molecule has 0 fully saturated rings. The number of nitrogens with zero attached hydrogens (tertiary/aromatic N) is 4. The van der Waals surface area contributed by atoms with E-state index in [0.717, 1.165) is 28.8 Å². The number of aryl methyl sites for hydroxylation is 3. The fourth-order valence-corrected chi connectivity index (χ4v) is 2.54. The molecule has 0 atom stereocenters. The Balaban J connectivity index is 1.83. The minimum Gasteiger partial charge on any atom is -0.354 e. The Kier molecular flexibility index (Phi) is 5.05. The van der Waals surface area contributed by atoms with Crippen LogP contribution in [0, 0.1) is 13.8 Å². The van der Waals surface area contributed by atoms with Crippen LogP contribution in [0.25, 0.3) is 0 Å². The quantitative estimate of drug-likeness (QED) is 0.797. The van der Waals surface area contributed by atoms with Crippen LogP contribution < -0.4 is 5.32 Å². The van der Waals surface area contributed by atoms with Gasteiger partial charge in [-0.05, 0) is 56.1 Å². The summed E-state index contributed by atoms with van der Waals surface area (Å²) >= 11 is 3.35. The Morgan fingerprint density at radius 3 is 2.68 bits per heavy atom. The maximum atomic E-state index is 12.3. The van der Waals surface area contributed by atoms with E-state index in [1.807, 2.05) is 32.4 Å². The molecule has 2 rings (SSSR count). The van der Waals surface area contributed by atoms with Gasteiger partial charge in [-0.25, -0.2) is 0 Å². The second-order valence-electron chi connectivity index (χ2n) is 5.92. The van der Waals surface area contributed by atoms with Crippen molar-refractivity contribution in [3.63, 3.8) is 0 Å². The van der Waals surface area contributed by atoms with Crippen molar-refractivity contribution in [3.8, 4) is 0 Å². The molecular formula is C15H22BrN5O. The summed E-state index contributed by atoms with van der Waals surface area (Å²) < 4.78 is 4.49. The summed E-state index contributed by atoms with van der Waals surface area (Å²) in [6, 6.07) is 2.05. The number of carbonyl (C=O) groups excluding carboxylic acids is 1. The minimum absolute atomic E-state index is 0.0449. The predicted molar refractivity (Wildman–Crippen MR) is 88.6 cm³/mol. The number of carbonyl (C=O) groups is 1. The summed E-state index contributed by atoms with van der Waals surface area (Å²) in [6.45, 7) is 9.13. The van der Waals surface area contributed by atoms with Crippen LogP contribution in [0.1, 0.15) is 31.7 Å². The van der Waals surface area contributed by atoms with Crippen LogP contribution >= 0.6 is 15.9 Å². The molecular weight excluding hydrogens is 346 g/mol. The lowest BCUT2D eigenvalue weighted by Crippen LogP contribution is -2.45. The zero-order valence-corrected chi connectivity index (χ0v) is 15.0. The first-order chi connectivity index (χ1) is 10.3. The molecule has 2 aromatic rings. The van der Waals surface area contributed by atoms with Crippen molar-refractivity contribution in [2.75, 3.05) is 6.54 Å². The molecule has 0 unspecified atom stereocenters. The largest absolute Gasteiger partial charge is 0.354 e. The monoisotopic (exact) mass is 367 g/mol. The predicted octanol–water partition coefficient (Wildman–Crippen LogP) is 2.40. The van der Waals surface area contributed by atoms with Crippen molar-refractivity contribution < 1.29 is 4.79 Å². The summed E-state index contributed by atoms with van der Waals surface area (Å²) in [4.78, 5) is 12.3. The van der Waals surface area contributed by atoms with Crippen molar-refractivity contribution in [1.29, 1.82) is 0 Å². The van der Waals surface area contributed by atoms with Crippen molar-refractivity contribution in [2.45, 2.75) is 46.2 Å². The third kappa shape index (κ3) is 3.76. The second-order valence-corrected chi connectivity index (χ2v) is 6.84. The van der Waals surface area contributed by atoms with Crippen LogP contribution in [-0.2, 0) is 16.9 Å². The molecule has 0 radical (unpaired) electrons. The lowest BCUT2D eigenvalue weighted by Gasteiger charge is -2.24. The molecule has 0 aliphatic heterocycles. The first kappa shape index (κ1) is 16.7. The summed E-state index contributed by atoms with van der Waals surface area (Å²) in [7, 11) is 0. The molecule has 0 aliphatic rings. The van der Waals surface area contributed by atoms with Crippen molar-refractivity contribution in [3.05, 3.63) is 34.3 Å². The van der Waals surface area contributed by atoms with Gasteiger partial charge in [0.25, 0.3) is 0 Å². The van der Waals surface area contributed by atoms with Gasteiger partial charge in [-0.15, -0.1) is 0 Å². The van der Waals surface area contributed by atoms with Crippen LogP contribution in [0.2, 0.25) is 0 Å². The van der Waals surface area contributed by atoms with Gasteiger partial charge in [0.1, 0.15) is 5.54 Å². The molecule has 1 amide bonds. The maximum Gasteiger partial charge on any atom is 0.247 e. The molecule has 0 aliphatic carbocycles. The van der Waals surface area contributed by atoms with E-state index >= 15 is 0 Å². The Hall–Kier alpha value is -1.63. The lowest BCUT2D eigenvalue weighted by atomic mass is 10.1. The fourth-order valence-electron chi connectivity index (χ4n) is 2.26. The number of aromatic nitrogens is 4. The van der Waals surface area contributed by atoms with E-state index in [1.54, 1.807) is 17.1 Å². The van der Waals surface area contributed by atoms with E-state index in [4.69, 9.17) is 0 Å². The Morgan fingerprint density at radius 2 is 2.14 bits per heavy atom. The third-order valence-corrected chi connectivity index (χ3v) is 4.02. The normalized spacial score (nSPS) is 11.7. The van der Waals surface area contributed by atoms with E-state index in [-0.39, 0.29) is 5.91 Å². The fraction of sp³-hybridized carbons (Fsp3) is 0.533. The average molecular weight is 368 g/mol. The number of hydrogen-bond acceptors (Lipinski definition) is 3. The van der Waals surface area contributed by atoms with Gasteiger partial charge in [-0.2, -0.15) is 10.2 Å². The molecule has 0 bridgehead atoms. The molecule has 0 aromatic carbocycles. The zero-order chi connectivity index (χ0) is 16.3. The summed E-state index contributed by atoms with van der Waals surface area (Å²) in [6.07, 6.45) is 4.32. The minimum atomic E-state index is -0.718. The van der Waals surface area contributed by atoms with Crippen molar-refractivity contribution in [2.24, 2.45) is 0 Å². The van der Waals surface area contributed by atoms with Gasteiger partial charge in [-0.3, -0.25) is 14.2 Å². The highest BCUT2D eigenvalue weighted by atomic mass is 79.9. The molecule has 2 aromatic heterocycles. The smallest absolute Gasteiger partial charge is 0.247 e. The molecule has 0 saturated carbocycles. The summed E-state index contributed by atoms with van der Waals surface area (Å²) in [5.74, 6) is -0.0449. The maximum absolute atomic E-state index is 12.3. The molecule has 2 heterocycles. The van der Waals surface area contributed by atoms with Crippen LogP contribution in [0.15, 0.2) is 22.9 Å². The van der Waals surface area contributed by atoms with E-state index in [9.17, 15) is 4.79 Å². The van der Waals surface area contributed by atoms with Crippen LogP contribution in [0.5, 0.6) is 0 Å². The Labute approximate surface area is 139 Å². The third-order valence-electron chi connectivity index (χ3n) is 3.62. The zero-order valence-electron chi connectivity index (χ0n) is 13.4. The van der Waals surface area contributed by atoms with Gasteiger partial charge in [0.15, 0.2) is 0 Å². The standard InChI is InChI=1S/C15H22BrN5O/c1-11-8-12(2)20(19-11)7-5-6-17-14(22)15(3,4)21-10-13(16)9-18-21/h8-10H,5-7H2,1-4H3,(H,17,22). The number of rotatable bonds is 6. The lowest BCUT2D eigenvalue weighted by molar-refractivity contribution is -0.128. The number of hydrogen-bond donors (Lipinski definition) is 1. The van der Waals surface area contributed by atoms with Crippen LogP contribution in [-0.4, -0.2) is 32.0 Å². The van der Waals surface area contributed by atoms with Gasteiger partial charge in [0, 0.05) is 25.0 Å². The highest BCUT2D eigenvalue weighted by Crippen LogP contribution is 2.17. The van der Waals surface area contributed by atoms with Gasteiger partial charge in [0.2, 0.25) is 5.91 Å². The highest BCUT2D eigenvalue weighted by molar-refractivity contribution is 9.10. The molecule has 7 heteroatoms. The first-order valence-corrected chi connectivity index (χ1v) is 8.10. The molecule has 22 heavy (non-hydrogen) atoms. The molecule has 1 N–H and O–H groups in total. The van der Waals surface area contributed by atoms with Gasteiger partial charge < -0.3 is 5.32 Å². The first-order valence-electron chi connectivity index (χ1n) is 7.30. The average Bonchev–Trinajstić information content (AvgIpc) is 3.01. The number of amides is 1. The summed E-state index contributed by atoms with van der Waals surface area (Å²) in [5.41, 5.74) is 1.45. The summed E-state index contributed by atoms with van der Waals surface area (Å²) in [5, 5.41) is 11.6. The van der Waals surface area contributed by atoms with E-state index in [1.165, 1.54) is 0 Å². The number of nitrogens with one attached hydrogen (secondary N) is 1. The molecule has 120 valence electrons. The van der Waals surface area contributed by atoms with Crippen molar-refractivity contribution in [1.82, 2.24) is 24.9 Å². The van der Waals surface area contributed by atoms with Crippen molar-refractivity contribution >= 4 is 21.8 Å². The topological polar surface area (TPSA) is 64.7 Å². The van der Waals surface area contributed by atoms with E-state index in [2.05, 4.69) is 37.5 Å². The van der Waals surface area contributed by atoms with E-state index < -0.39 is 5.54 Å².